The fraction of sp³-hybridized carbons (Fsp3) is 0.250. The molecule has 2 N–H and O–H groups in total. The fourth-order valence-corrected chi connectivity index (χ4v) is 2.42. The van der Waals surface area contributed by atoms with E-state index in [1.165, 1.54) is 7.11 Å². The van der Waals surface area contributed by atoms with E-state index in [4.69, 9.17) is 4.74 Å². The van der Waals surface area contributed by atoms with Crippen molar-refractivity contribution in [1.82, 2.24) is 5.32 Å². The monoisotopic (exact) mass is 325 g/mol. The van der Waals surface area contributed by atoms with Crippen molar-refractivity contribution in [1.29, 1.82) is 0 Å². The first-order valence-corrected chi connectivity index (χ1v) is 7.95. The summed E-state index contributed by atoms with van der Waals surface area (Å²) in [4.78, 5) is 12.1. The fourth-order valence-electron chi connectivity index (χ4n) is 2.42. The summed E-state index contributed by atoms with van der Waals surface area (Å²) in [6, 6.07) is 18.7. The minimum absolute atomic E-state index is 0.106. The summed E-state index contributed by atoms with van der Waals surface area (Å²) in [5, 5.41) is 12.8. The average Bonchev–Trinajstić information content (AvgIpc) is 2.65. The minimum atomic E-state index is -0.519. The molecule has 0 aromatic heterocycles. The summed E-state index contributed by atoms with van der Waals surface area (Å²) in [5.74, 6) is -0.342. The van der Waals surface area contributed by atoms with Crippen LogP contribution in [0.3, 0.4) is 0 Å². The SMILES string of the molecule is COC(=O)[C@H](Cc1ccccc1)N[C@H](/C=C/c1ccccc1)CO. The molecule has 0 heterocycles. The lowest BCUT2D eigenvalue weighted by Gasteiger charge is -2.21. The van der Waals surface area contributed by atoms with Crippen LogP contribution >= 0.6 is 0 Å². The van der Waals surface area contributed by atoms with E-state index in [9.17, 15) is 9.90 Å². The van der Waals surface area contributed by atoms with Crippen LogP contribution in [0.25, 0.3) is 6.08 Å². The summed E-state index contributed by atoms with van der Waals surface area (Å²) in [5.41, 5.74) is 2.07. The number of aliphatic hydroxyl groups excluding tert-OH is 1. The molecule has 2 rings (SSSR count). The van der Waals surface area contributed by atoms with Gasteiger partial charge in [-0.15, -0.1) is 0 Å². The second kappa shape index (κ2) is 9.65. The van der Waals surface area contributed by atoms with Crippen LogP contribution in [0, 0.1) is 0 Å². The lowest BCUT2D eigenvalue weighted by molar-refractivity contribution is -0.143. The predicted octanol–water partition coefficient (Wildman–Crippen LogP) is 2.43. The van der Waals surface area contributed by atoms with Gasteiger partial charge in [0, 0.05) is 6.04 Å². The van der Waals surface area contributed by atoms with Gasteiger partial charge < -0.3 is 9.84 Å². The van der Waals surface area contributed by atoms with Crippen LogP contribution in [0.2, 0.25) is 0 Å². The number of esters is 1. The highest BCUT2D eigenvalue weighted by atomic mass is 16.5. The molecule has 0 spiro atoms. The molecule has 2 atom stereocenters. The molecule has 0 amide bonds. The first kappa shape index (κ1) is 17.9. The summed E-state index contributed by atoms with van der Waals surface area (Å²) >= 11 is 0. The van der Waals surface area contributed by atoms with Crippen LogP contribution in [-0.4, -0.2) is 36.9 Å². The summed E-state index contributed by atoms with van der Waals surface area (Å²) in [7, 11) is 1.37. The van der Waals surface area contributed by atoms with Gasteiger partial charge in [0.1, 0.15) is 6.04 Å². The molecule has 0 unspecified atom stereocenters. The van der Waals surface area contributed by atoms with Gasteiger partial charge in [0.25, 0.3) is 0 Å². The van der Waals surface area contributed by atoms with E-state index in [1.54, 1.807) is 0 Å². The van der Waals surface area contributed by atoms with Crippen molar-refractivity contribution in [2.45, 2.75) is 18.5 Å². The molecule has 24 heavy (non-hydrogen) atoms. The Morgan fingerprint density at radius 1 is 1.12 bits per heavy atom. The number of rotatable bonds is 8. The average molecular weight is 325 g/mol. The molecule has 0 aliphatic carbocycles. The molecule has 126 valence electrons. The Morgan fingerprint density at radius 2 is 1.75 bits per heavy atom. The minimum Gasteiger partial charge on any atom is -0.468 e. The smallest absolute Gasteiger partial charge is 0.323 e. The van der Waals surface area contributed by atoms with Crippen molar-refractivity contribution in [3.05, 3.63) is 77.9 Å². The number of aliphatic hydroxyl groups is 1. The second-order valence-electron chi connectivity index (χ2n) is 5.49. The number of hydrogen-bond donors (Lipinski definition) is 2. The Bertz CT molecular complexity index is 640. The first-order chi connectivity index (χ1) is 11.7. The van der Waals surface area contributed by atoms with E-state index in [2.05, 4.69) is 5.32 Å². The third kappa shape index (κ3) is 5.65. The maximum absolute atomic E-state index is 12.1. The number of methoxy groups -OCH3 is 1. The highest BCUT2D eigenvalue weighted by molar-refractivity contribution is 5.76. The molecular weight excluding hydrogens is 302 g/mol. The molecule has 0 radical (unpaired) electrons. The summed E-state index contributed by atoms with van der Waals surface area (Å²) < 4.78 is 4.89. The van der Waals surface area contributed by atoms with E-state index < -0.39 is 6.04 Å². The molecule has 0 bridgehead atoms. The van der Waals surface area contributed by atoms with Crippen molar-refractivity contribution < 1.29 is 14.6 Å². The van der Waals surface area contributed by atoms with Gasteiger partial charge in [-0.1, -0.05) is 72.8 Å². The van der Waals surface area contributed by atoms with Crippen molar-refractivity contribution in [3.63, 3.8) is 0 Å². The molecule has 4 nitrogen and oxygen atoms in total. The van der Waals surface area contributed by atoms with Gasteiger partial charge in [-0.3, -0.25) is 10.1 Å². The van der Waals surface area contributed by atoms with Crippen LogP contribution in [-0.2, 0) is 16.0 Å². The maximum atomic E-state index is 12.1. The Labute approximate surface area is 142 Å². The van der Waals surface area contributed by atoms with Crippen molar-refractivity contribution in [3.8, 4) is 0 Å². The Morgan fingerprint density at radius 3 is 2.33 bits per heavy atom. The van der Waals surface area contributed by atoms with Crippen LogP contribution in [0.1, 0.15) is 11.1 Å². The number of hydrogen-bond acceptors (Lipinski definition) is 4. The number of nitrogens with one attached hydrogen (secondary N) is 1. The van der Waals surface area contributed by atoms with Crippen molar-refractivity contribution >= 4 is 12.0 Å². The maximum Gasteiger partial charge on any atom is 0.323 e. The molecule has 0 aliphatic rings. The second-order valence-corrected chi connectivity index (χ2v) is 5.49. The topological polar surface area (TPSA) is 58.6 Å². The zero-order chi connectivity index (χ0) is 17.2. The van der Waals surface area contributed by atoms with Crippen molar-refractivity contribution in [2.24, 2.45) is 0 Å². The largest absolute Gasteiger partial charge is 0.468 e. The van der Waals surface area contributed by atoms with Crippen LogP contribution in [0.4, 0.5) is 0 Å². The molecular formula is C20H23NO3. The normalized spacial score (nSPS) is 13.6. The quantitative estimate of drug-likeness (QED) is 0.732. The molecule has 0 fully saturated rings. The highest BCUT2D eigenvalue weighted by Crippen LogP contribution is 2.07. The molecule has 0 aliphatic heterocycles. The van der Waals surface area contributed by atoms with E-state index in [1.807, 2.05) is 72.8 Å². The molecule has 4 heteroatoms. The van der Waals surface area contributed by atoms with Gasteiger partial charge in [0.15, 0.2) is 0 Å². The lowest BCUT2D eigenvalue weighted by Crippen LogP contribution is -2.46. The van der Waals surface area contributed by atoms with Gasteiger partial charge in [0.05, 0.1) is 13.7 Å². The molecule has 2 aromatic rings. The van der Waals surface area contributed by atoms with Gasteiger partial charge in [0.2, 0.25) is 0 Å². The van der Waals surface area contributed by atoms with Gasteiger partial charge in [-0.25, -0.2) is 0 Å². The van der Waals surface area contributed by atoms with Crippen LogP contribution in [0.5, 0.6) is 0 Å². The first-order valence-electron chi connectivity index (χ1n) is 7.95. The molecule has 0 saturated carbocycles. The van der Waals surface area contributed by atoms with Gasteiger partial charge in [-0.05, 0) is 17.5 Å². The number of benzene rings is 2. The highest BCUT2D eigenvalue weighted by Gasteiger charge is 2.21. The van der Waals surface area contributed by atoms with E-state index >= 15 is 0 Å². The Kier molecular flexibility index (Phi) is 7.21. The lowest BCUT2D eigenvalue weighted by atomic mass is 10.0. The molecule has 2 aromatic carbocycles. The van der Waals surface area contributed by atoms with Crippen LogP contribution in [0.15, 0.2) is 66.7 Å². The van der Waals surface area contributed by atoms with Crippen molar-refractivity contribution in [2.75, 3.05) is 13.7 Å². The Hall–Kier alpha value is -2.43. The number of carbonyl (C=O) groups excluding carboxylic acids is 1. The predicted molar refractivity (Wildman–Crippen MR) is 95.4 cm³/mol. The van der Waals surface area contributed by atoms with E-state index in [0.717, 1.165) is 11.1 Å². The summed E-state index contributed by atoms with van der Waals surface area (Å²) in [6.45, 7) is -0.106. The third-order valence-corrected chi connectivity index (χ3v) is 3.70. The number of carbonyl (C=O) groups is 1. The standard InChI is InChI=1S/C20H23NO3/c1-24-20(23)19(14-17-10-6-3-7-11-17)21-18(15-22)13-12-16-8-4-2-5-9-16/h2-13,18-19,21-22H,14-15H2,1H3/b13-12+/t18-,19+/m1/s1. The summed E-state index contributed by atoms with van der Waals surface area (Å²) in [6.07, 6.45) is 4.28. The molecule has 0 saturated heterocycles. The van der Waals surface area contributed by atoms with Gasteiger partial charge in [-0.2, -0.15) is 0 Å². The van der Waals surface area contributed by atoms with E-state index in [-0.39, 0.29) is 18.6 Å². The Balaban J connectivity index is 2.05. The van der Waals surface area contributed by atoms with E-state index in [0.29, 0.717) is 6.42 Å². The zero-order valence-corrected chi connectivity index (χ0v) is 13.8. The number of ether oxygens (including phenoxy) is 1. The zero-order valence-electron chi connectivity index (χ0n) is 13.8. The third-order valence-electron chi connectivity index (χ3n) is 3.70. The van der Waals surface area contributed by atoms with Gasteiger partial charge >= 0.3 is 5.97 Å². The van der Waals surface area contributed by atoms with Crippen LogP contribution < -0.4 is 5.32 Å².